The summed E-state index contributed by atoms with van der Waals surface area (Å²) in [4.78, 5) is 23.2. The van der Waals surface area contributed by atoms with Crippen molar-refractivity contribution < 1.29 is 4.79 Å². The summed E-state index contributed by atoms with van der Waals surface area (Å²) in [5.41, 5.74) is 9.24. The van der Waals surface area contributed by atoms with Crippen molar-refractivity contribution in [2.24, 2.45) is 0 Å². The van der Waals surface area contributed by atoms with Crippen molar-refractivity contribution >= 4 is 17.6 Å². The summed E-state index contributed by atoms with van der Waals surface area (Å²) < 4.78 is 1.58. The molecular weight excluding hydrogens is 342 g/mol. The molecule has 0 radical (unpaired) electrons. The summed E-state index contributed by atoms with van der Waals surface area (Å²) in [6, 6.07) is 10.2. The number of aryl methyl sites for hydroxylation is 2. The van der Waals surface area contributed by atoms with E-state index in [1.54, 1.807) is 4.52 Å². The SMILES string of the molecule is Cc1nc2nc(N)nn2c(C)c1CC(=O)NC[C@H](c1ccccc1)N(C)C. The number of nitrogens with zero attached hydrogens (tertiary/aromatic N) is 5. The Hall–Kier alpha value is -3.00. The van der Waals surface area contributed by atoms with Gasteiger partial charge in [-0.25, -0.2) is 4.98 Å². The Bertz CT molecular complexity index is 950. The first-order chi connectivity index (χ1) is 12.9. The van der Waals surface area contributed by atoms with Gasteiger partial charge in [0.25, 0.3) is 5.78 Å². The molecule has 1 atom stereocenters. The zero-order valence-electron chi connectivity index (χ0n) is 16.1. The van der Waals surface area contributed by atoms with Gasteiger partial charge < -0.3 is 16.0 Å². The molecule has 8 heteroatoms. The number of nitrogen functional groups attached to an aromatic ring is 1. The first-order valence-corrected chi connectivity index (χ1v) is 8.83. The minimum Gasteiger partial charge on any atom is -0.366 e. The highest BCUT2D eigenvalue weighted by Crippen LogP contribution is 2.18. The number of likely N-dealkylation sites (N-methyl/N-ethyl adjacent to an activating group) is 1. The molecule has 142 valence electrons. The number of amides is 1. The van der Waals surface area contributed by atoms with Crippen LogP contribution < -0.4 is 11.1 Å². The molecule has 0 fully saturated rings. The molecule has 0 aliphatic rings. The van der Waals surface area contributed by atoms with Gasteiger partial charge in [-0.1, -0.05) is 30.3 Å². The summed E-state index contributed by atoms with van der Waals surface area (Å²) in [7, 11) is 4.01. The van der Waals surface area contributed by atoms with Gasteiger partial charge in [-0.3, -0.25) is 4.79 Å². The maximum atomic E-state index is 12.6. The second-order valence-corrected chi connectivity index (χ2v) is 6.81. The molecule has 2 aromatic heterocycles. The number of nitrogens with one attached hydrogen (secondary N) is 1. The summed E-state index contributed by atoms with van der Waals surface area (Å²) in [6.07, 6.45) is 0.231. The number of hydrogen-bond acceptors (Lipinski definition) is 6. The molecule has 1 aromatic carbocycles. The van der Waals surface area contributed by atoms with E-state index in [0.29, 0.717) is 12.3 Å². The molecule has 0 spiro atoms. The highest BCUT2D eigenvalue weighted by molar-refractivity contribution is 5.79. The average molecular weight is 367 g/mol. The van der Waals surface area contributed by atoms with Crippen molar-refractivity contribution in [3.63, 3.8) is 0 Å². The lowest BCUT2D eigenvalue weighted by molar-refractivity contribution is -0.120. The largest absolute Gasteiger partial charge is 0.366 e. The first-order valence-electron chi connectivity index (χ1n) is 8.83. The summed E-state index contributed by atoms with van der Waals surface area (Å²) in [5, 5.41) is 7.18. The molecule has 0 saturated heterocycles. The number of carbonyl (C=O) groups is 1. The fourth-order valence-corrected chi connectivity index (χ4v) is 3.19. The second kappa shape index (κ2) is 7.71. The molecular formula is C19H25N7O. The molecule has 3 aromatic rings. The van der Waals surface area contributed by atoms with E-state index >= 15 is 0 Å². The second-order valence-electron chi connectivity index (χ2n) is 6.81. The lowest BCUT2D eigenvalue weighted by Crippen LogP contribution is -2.35. The molecule has 3 N–H and O–H groups in total. The topological polar surface area (TPSA) is 101 Å². The van der Waals surface area contributed by atoms with Crippen LogP contribution in [0.15, 0.2) is 30.3 Å². The van der Waals surface area contributed by atoms with Gasteiger partial charge in [-0.05, 0) is 33.5 Å². The van der Waals surface area contributed by atoms with Gasteiger partial charge in [0.2, 0.25) is 11.9 Å². The van der Waals surface area contributed by atoms with Crippen LogP contribution in [0.25, 0.3) is 5.78 Å². The van der Waals surface area contributed by atoms with E-state index in [1.807, 2.05) is 46.1 Å². The lowest BCUT2D eigenvalue weighted by Gasteiger charge is -2.25. The Morgan fingerprint density at radius 2 is 1.93 bits per heavy atom. The molecule has 1 amide bonds. The highest BCUT2D eigenvalue weighted by atomic mass is 16.1. The van der Waals surface area contributed by atoms with Gasteiger partial charge >= 0.3 is 0 Å². The van der Waals surface area contributed by atoms with Crippen molar-refractivity contribution in [2.45, 2.75) is 26.3 Å². The maximum absolute atomic E-state index is 12.6. The molecule has 27 heavy (non-hydrogen) atoms. The van der Waals surface area contributed by atoms with E-state index < -0.39 is 0 Å². The first kappa shape index (κ1) is 18.8. The number of rotatable bonds is 6. The van der Waals surface area contributed by atoms with Crippen LogP contribution in [0.5, 0.6) is 0 Å². The van der Waals surface area contributed by atoms with E-state index in [9.17, 15) is 4.79 Å². The van der Waals surface area contributed by atoms with Crippen molar-refractivity contribution in [3.05, 3.63) is 52.8 Å². The van der Waals surface area contributed by atoms with Gasteiger partial charge in [-0.15, -0.1) is 5.10 Å². The third-order valence-corrected chi connectivity index (χ3v) is 4.70. The van der Waals surface area contributed by atoms with Crippen molar-refractivity contribution in [3.8, 4) is 0 Å². The van der Waals surface area contributed by atoms with Crippen LogP contribution in [0, 0.1) is 13.8 Å². The van der Waals surface area contributed by atoms with Crippen molar-refractivity contribution in [1.29, 1.82) is 0 Å². The van der Waals surface area contributed by atoms with Crippen LogP contribution in [0.4, 0.5) is 5.95 Å². The van der Waals surface area contributed by atoms with Crippen LogP contribution in [0.3, 0.4) is 0 Å². The molecule has 0 aliphatic carbocycles. The third kappa shape index (κ3) is 4.06. The maximum Gasteiger partial charge on any atom is 0.254 e. The number of benzene rings is 1. The third-order valence-electron chi connectivity index (χ3n) is 4.70. The fourth-order valence-electron chi connectivity index (χ4n) is 3.19. The Labute approximate surface area is 158 Å². The normalized spacial score (nSPS) is 12.5. The zero-order valence-corrected chi connectivity index (χ0v) is 16.1. The standard InChI is InChI=1S/C19H25N7O/c1-12-15(13(2)26-19(22-12)23-18(20)24-26)10-17(27)21-11-16(25(3)4)14-8-6-5-7-9-14/h5-9,16H,10-11H2,1-4H3,(H2,20,24)(H,21,27)/t16-/m1/s1. The molecule has 0 saturated carbocycles. The summed E-state index contributed by atoms with van der Waals surface area (Å²) >= 11 is 0. The molecule has 3 rings (SSSR count). The Morgan fingerprint density at radius 3 is 2.59 bits per heavy atom. The van der Waals surface area contributed by atoms with Crippen LogP contribution in [-0.2, 0) is 11.2 Å². The minimum absolute atomic E-state index is 0.0572. The number of anilines is 1. The summed E-state index contributed by atoms with van der Waals surface area (Å²) in [6.45, 7) is 4.29. The molecule has 0 unspecified atom stereocenters. The van der Waals surface area contributed by atoms with E-state index in [2.05, 4.69) is 37.4 Å². The fraction of sp³-hybridized carbons (Fsp3) is 0.368. The highest BCUT2D eigenvalue weighted by Gasteiger charge is 2.18. The van der Waals surface area contributed by atoms with Crippen LogP contribution in [-0.4, -0.2) is 51.0 Å². The number of fused-ring (bicyclic) bond motifs is 1. The van der Waals surface area contributed by atoms with Crippen molar-refractivity contribution in [2.75, 3.05) is 26.4 Å². The van der Waals surface area contributed by atoms with Gasteiger partial charge in [0, 0.05) is 23.5 Å². The monoisotopic (exact) mass is 367 g/mol. The molecule has 8 nitrogen and oxygen atoms in total. The van der Waals surface area contributed by atoms with Crippen LogP contribution in [0.1, 0.15) is 28.6 Å². The molecule has 0 bridgehead atoms. The van der Waals surface area contributed by atoms with Gasteiger partial charge in [-0.2, -0.15) is 9.50 Å². The average Bonchev–Trinajstić information content (AvgIpc) is 3.00. The smallest absolute Gasteiger partial charge is 0.254 e. The van der Waals surface area contributed by atoms with Gasteiger partial charge in [0.05, 0.1) is 12.5 Å². The van der Waals surface area contributed by atoms with E-state index in [0.717, 1.165) is 22.5 Å². The summed E-state index contributed by atoms with van der Waals surface area (Å²) in [5.74, 6) is 0.560. The number of carbonyl (C=O) groups excluding carboxylic acids is 1. The number of nitrogens with two attached hydrogens (primary N) is 1. The number of hydrogen-bond donors (Lipinski definition) is 2. The molecule has 2 heterocycles. The van der Waals surface area contributed by atoms with E-state index in [1.165, 1.54) is 0 Å². The van der Waals surface area contributed by atoms with Crippen LogP contribution >= 0.6 is 0 Å². The Morgan fingerprint density at radius 1 is 1.22 bits per heavy atom. The predicted octanol–water partition coefficient (Wildman–Crippen LogP) is 1.28. The Kier molecular flexibility index (Phi) is 5.36. The van der Waals surface area contributed by atoms with Gasteiger partial charge in [0.1, 0.15) is 0 Å². The minimum atomic E-state index is -0.0572. The zero-order chi connectivity index (χ0) is 19.6. The lowest BCUT2D eigenvalue weighted by atomic mass is 10.1. The number of aromatic nitrogens is 4. The Balaban J connectivity index is 1.73. The van der Waals surface area contributed by atoms with Gasteiger partial charge in [0.15, 0.2) is 0 Å². The van der Waals surface area contributed by atoms with E-state index in [4.69, 9.17) is 5.73 Å². The van der Waals surface area contributed by atoms with Crippen molar-refractivity contribution in [1.82, 2.24) is 29.8 Å². The van der Waals surface area contributed by atoms with Crippen LogP contribution in [0.2, 0.25) is 0 Å². The quantitative estimate of drug-likeness (QED) is 0.681. The predicted molar refractivity (Wildman–Crippen MR) is 104 cm³/mol. The molecule has 0 aliphatic heterocycles. The van der Waals surface area contributed by atoms with E-state index in [-0.39, 0.29) is 24.3 Å².